The van der Waals surface area contributed by atoms with Crippen molar-refractivity contribution in [1.29, 1.82) is 0 Å². The summed E-state index contributed by atoms with van der Waals surface area (Å²) in [6, 6.07) is 8.09. The second-order valence-corrected chi connectivity index (χ2v) is 4.73. The van der Waals surface area contributed by atoms with E-state index in [1.807, 2.05) is 26.0 Å². The molecule has 0 amide bonds. The van der Waals surface area contributed by atoms with Crippen molar-refractivity contribution in [2.24, 2.45) is 0 Å². The monoisotopic (exact) mass is 226 g/mol. The van der Waals surface area contributed by atoms with Crippen LogP contribution in [0.4, 0.5) is 0 Å². The van der Waals surface area contributed by atoms with Gasteiger partial charge >= 0.3 is 0 Å². The predicted molar refractivity (Wildman–Crippen MR) is 64.6 cm³/mol. The number of hydrogen-bond donors (Lipinski definition) is 1. The van der Waals surface area contributed by atoms with Gasteiger partial charge in [0.1, 0.15) is 5.75 Å². The maximum absolute atomic E-state index is 8.65. The molecule has 84 valence electrons. The zero-order valence-corrected chi connectivity index (χ0v) is 10.1. The van der Waals surface area contributed by atoms with E-state index in [0.29, 0.717) is 0 Å². The fourth-order valence-corrected chi connectivity index (χ4v) is 1.98. The summed E-state index contributed by atoms with van der Waals surface area (Å²) in [7, 11) is 0. The van der Waals surface area contributed by atoms with E-state index in [9.17, 15) is 0 Å². The van der Waals surface area contributed by atoms with Crippen molar-refractivity contribution in [2.75, 3.05) is 12.4 Å². The molecule has 0 aliphatic heterocycles. The molecule has 0 aliphatic rings. The second-order valence-electron chi connectivity index (χ2n) is 3.56. The number of aliphatic hydroxyl groups excluding tert-OH is 1. The van der Waals surface area contributed by atoms with Crippen LogP contribution in [0, 0.1) is 0 Å². The third-order valence-electron chi connectivity index (χ3n) is 1.77. The molecule has 3 heteroatoms. The first kappa shape index (κ1) is 12.4. The van der Waals surface area contributed by atoms with Crippen molar-refractivity contribution in [3.63, 3.8) is 0 Å². The van der Waals surface area contributed by atoms with Crippen LogP contribution in [0.5, 0.6) is 5.75 Å². The predicted octanol–water partition coefficient (Wildman–Crippen LogP) is 2.95. The number of rotatable bonds is 6. The molecule has 0 atom stereocenters. The van der Waals surface area contributed by atoms with Gasteiger partial charge in [-0.3, -0.25) is 0 Å². The zero-order valence-electron chi connectivity index (χ0n) is 9.27. The van der Waals surface area contributed by atoms with Crippen LogP contribution in [0.2, 0.25) is 0 Å². The summed E-state index contributed by atoms with van der Waals surface area (Å²) in [4.78, 5) is 1.22. The average molecular weight is 226 g/mol. The van der Waals surface area contributed by atoms with E-state index in [1.165, 1.54) is 4.90 Å². The van der Waals surface area contributed by atoms with Gasteiger partial charge < -0.3 is 9.84 Å². The first-order valence-electron chi connectivity index (χ1n) is 5.22. The Morgan fingerprint density at radius 1 is 1.27 bits per heavy atom. The van der Waals surface area contributed by atoms with Crippen LogP contribution in [0.25, 0.3) is 0 Å². The molecule has 0 spiro atoms. The summed E-state index contributed by atoms with van der Waals surface area (Å²) >= 11 is 1.76. The first-order valence-corrected chi connectivity index (χ1v) is 6.21. The largest absolute Gasteiger partial charge is 0.491 e. The highest BCUT2D eigenvalue weighted by Gasteiger charge is 1.98. The quantitative estimate of drug-likeness (QED) is 0.597. The van der Waals surface area contributed by atoms with Gasteiger partial charge in [-0.15, -0.1) is 11.8 Å². The van der Waals surface area contributed by atoms with Crippen molar-refractivity contribution in [2.45, 2.75) is 31.3 Å². The molecule has 0 saturated heterocycles. The van der Waals surface area contributed by atoms with E-state index in [4.69, 9.17) is 9.84 Å². The van der Waals surface area contributed by atoms with E-state index in [0.717, 1.165) is 17.9 Å². The molecule has 0 aliphatic carbocycles. The van der Waals surface area contributed by atoms with Gasteiger partial charge in [-0.1, -0.05) is 0 Å². The minimum Gasteiger partial charge on any atom is -0.491 e. The summed E-state index contributed by atoms with van der Waals surface area (Å²) < 4.78 is 5.55. The molecular weight excluding hydrogens is 208 g/mol. The van der Waals surface area contributed by atoms with E-state index < -0.39 is 0 Å². The Morgan fingerprint density at radius 3 is 2.47 bits per heavy atom. The molecule has 1 rings (SSSR count). The van der Waals surface area contributed by atoms with Crippen LogP contribution in [-0.2, 0) is 0 Å². The van der Waals surface area contributed by atoms with Gasteiger partial charge in [0.2, 0.25) is 0 Å². The molecule has 2 nitrogen and oxygen atoms in total. The third-order valence-corrected chi connectivity index (χ3v) is 2.86. The maximum Gasteiger partial charge on any atom is 0.119 e. The second kappa shape index (κ2) is 6.75. The molecule has 0 fully saturated rings. The van der Waals surface area contributed by atoms with Gasteiger partial charge in [0.25, 0.3) is 0 Å². The van der Waals surface area contributed by atoms with Crippen molar-refractivity contribution in [3.8, 4) is 5.75 Å². The zero-order chi connectivity index (χ0) is 11.1. The highest BCUT2D eigenvalue weighted by molar-refractivity contribution is 7.99. The van der Waals surface area contributed by atoms with E-state index in [1.54, 1.807) is 11.8 Å². The van der Waals surface area contributed by atoms with Gasteiger partial charge in [0, 0.05) is 17.3 Å². The maximum atomic E-state index is 8.65. The molecule has 0 saturated carbocycles. The highest BCUT2D eigenvalue weighted by Crippen LogP contribution is 2.22. The van der Waals surface area contributed by atoms with Crippen LogP contribution in [-0.4, -0.2) is 23.6 Å². The number of thioether (sulfide) groups is 1. The Balaban J connectivity index is 2.42. The number of benzene rings is 1. The van der Waals surface area contributed by atoms with E-state index in [-0.39, 0.29) is 12.7 Å². The average Bonchev–Trinajstić information content (AvgIpc) is 2.20. The van der Waals surface area contributed by atoms with Crippen LogP contribution >= 0.6 is 11.8 Å². The Labute approximate surface area is 95.7 Å². The standard InChI is InChI=1S/C12H18O2S/c1-10(2)14-11-4-6-12(7-5-11)15-9-3-8-13/h4-7,10,13H,3,8-9H2,1-2H3. The van der Waals surface area contributed by atoms with E-state index >= 15 is 0 Å². The van der Waals surface area contributed by atoms with Crippen LogP contribution in [0.1, 0.15) is 20.3 Å². The van der Waals surface area contributed by atoms with Crippen LogP contribution in [0.3, 0.4) is 0 Å². The first-order chi connectivity index (χ1) is 7.22. The molecule has 1 N–H and O–H groups in total. The van der Waals surface area contributed by atoms with Crippen molar-refractivity contribution < 1.29 is 9.84 Å². The van der Waals surface area contributed by atoms with Crippen LogP contribution < -0.4 is 4.74 Å². The van der Waals surface area contributed by atoms with Gasteiger partial charge in [-0.05, 0) is 44.5 Å². The molecule has 0 radical (unpaired) electrons. The SMILES string of the molecule is CC(C)Oc1ccc(SCCCO)cc1. The van der Waals surface area contributed by atoms with Crippen molar-refractivity contribution in [1.82, 2.24) is 0 Å². The van der Waals surface area contributed by atoms with Crippen molar-refractivity contribution in [3.05, 3.63) is 24.3 Å². The molecule has 1 aromatic carbocycles. The summed E-state index contributed by atoms with van der Waals surface area (Å²) in [5.41, 5.74) is 0. The Hall–Kier alpha value is -0.670. The normalized spacial score (nSPS) is 10.7. The fourth-order valence-electron chi connectivity index (χ4n) is 1.14. The Bertz CT molecular complexity index is 269. The molecule has 0 heterocycles. The Morgan fingerprint density at radius 2 is 1.93 bits per heavy atom. The van der Waals surface area contributed by atoms with Gasteiger partial charge in [0.15, 0.2) is 0 Å². The lowest BCUT2D eigenvalue weighted by molar-refractivity contribution is 0.242. The molecule has 0 aromatic heterocycles. The number of ether oxygens (including phenoxy) is 1. The van der Waals surface area contributed by atoms with Gasteiger partial charge in [0.05, 0.1) is 6.10 Å². The summed E-state index contributed by atoms with van der Waals surface area (Å²) in [5.74, 6) is 1.87. The third kappa shape index (κ3) is 5.09. The van der Waals surface area contributed by atoms with Crippen LogP contribution in [0.15, 0.2) is 29.2 Å². The molecule has 1 aromatic rings. The topological polar surface area (TPSA) is 29.5 Å². The number of hydrogen-bond acceptors (Lipinski definition) is 3. The fraction of sp³-hybridized carbons (Fsp3) is 0.500. The van der Waals surface area contributed by atoms with E-state index in [2.05, 4.69) is 12.1 Å². The molecular formula is C12H18O2S. The molecule has 15 heavy (non-hydrogen) atoms. The summed E-state index contributed by atoms with van der Waals surface area (Å²) in [5, 5.41) is 8.65. The lowest BCUT2D eigenvalue weighted by Gasteiger charge is -2.09. The highest BCUT2D eigenvalue weighted by atomic mass is 32.2. The minimum absolute atomic E-state index is 0.220. The smallest absolute Gasteiger partial charge is 0.119 e. The van der Waals surface area contributed by atoms with Gasteiger partial charge in [-0.2, -0.15) is 0 Å². The Kier molecular flexibility index (Phi) is 5.58. The molecule has 0 bridgehead atoms. The lowest BCUT2D eigenvalue weighted by atomic mass is 10.3. The minimum atomic E-state index is 0.220. The van der Waals surface area contributed by atoms with Crippen molar-refractivity contribution >= 4 is 11.8 Å². The summed E-state index contributed by atoms with van der Waals surface area (Å²) in [6.07, 6.45) is 1.06. The number of aliphatic hydroxyl groups is 1. The van der Waals surface area contributed by atoms with Gasteiger partial charge in [-0.25, -0.2) is 0 Å². The lowest BCUT2D eigenvalue weighted by Crippen LogP contribution is -2.05. The summed E-state index contributed by atoms with van der Waals surface area (Å²) in [6.45, 7) is 4.30. The molecule has 0 unspecified atom stereocenters.